The molecule has 2 aromatic rings. The number of anilines is 1. The fraction of sp³-hybridized carbons (Fsp3) is 0.250. The lowest BCUT2D eigenvalue weighted by atomic mass is 10.1. The Labute approximate surface area is 151 Å². The van der Waals surface area contributed by atoms with Gasteiger partial charge in [-0.05, 0) is 35.4 Å². The van der Waals surface area contributed by atoms with Crippen LogP contribution in [0, 0.1) is 0 Å². The van der Waals surface area contributed by atoms with Crippen LogP contribution in [0.4, 0.5) is 5.69 Å². The predicted octanol–water partition coefficient (Wildman–Crippen LogP) is 2.73. The highest BCUT2D eigenvalue weighted by atomic mass is 16.5. The summed E-state index contributed by atoms with van der Waals surface area (Å²) in [5, 5.41) is 2.83. The Hall–Kier alpha value is -2.99. The maximum Gasteiger partial charge on any atom is 0.255 e. The van der Waals surface area contributed by atoms with E-state index in [1.54, 1.807) is 43.5 Å². The van der Waals surface area contributed by atoms with Gasteiger partial charge in [0, 0.05) is 31.2 Å². The van der Waals surface area contributed by atoms with E-state index in [-0.39, 0.29) is 37.1 Å². The van der Waals surface area contributed by atoms with Gasteiger partial charge in [0.05, 0.1) is 13.2 Å². The highest BCUT2D eigenvalue weighted by Gasteiger charge is 2.28. The summed E-state index contributed by atoms with van der Waals surface area (Å²) in [5.74, 6) is -0.472. The number of nitrogens with zero attached hydrogens (tertiary/aromatic N) is 1. The number of nitrogens with one attached hydrogen (secondary N) is 1. The van der Waals surface area contributed by atoms with Crippen LogP contribution >= 0.6 is 0 Å². The molecular formula is C20H20N2O4. The lowest BCUT2D eigenvalue weighted by molar-refractivity contribution is -0.139. The van der Waals surface area contributed by atoms with Gasteiger partial charge in [0.25, 0.3) is 5.91 Å². The highest BCUT2D eigenvalue weighted by Crippen LogP contribution is 2.18. The molecule has 0 bridgehead atoms. The number of carbonyl (C=O) groups excluding carboxylic acids is 3. The van der Waals surface area contributed by atoms with Gasteiger partial charge < -0.3 is 10.1 Å². The summed E-state index contributed by atoms with van der Waals surface area (Å²) in [6, 6.07) is 14.3. The second kappa shape index (κ2) is 7.93. The van der Waals surface area contributed by atoms with Crippen molar-refractivity contribution in [1.82, 2.24) is 4.90 Å². The third-order valence-electron chi connectivity index (χ3n) is 4.23. The van der Waals surface area contributed by atoms with Crippen molar-refractivity contribution < 1.29 is 19.1 Å². The fourth-order valence-electron chi connectivity index (χ4n) is 2.80. The van der Waals surface area contributed by atoms with Crippen LogP contribution in [-0.2, 0) is 27.5 Å². The molecular weight excluding hydrogens is 332 g/mol. The molecule has 2 aromatic carbocycles. The van der Waals surface area contributed by atoms with Gasteiger partial charge in [0.2, 0.25) is 11.8 Å². The van der Waals surface area contributed by atoms with Gasteiger partial charge >= 0.3 is 0 Å². The van der Waals surface area contributed by atoms with E-state index in [0.717, 1.165) is 11.1 Å². The lowest BCUT2D eigenvalue weighted by Gasteiger charge is -2.14. The zero-order valence-corrected chi connectivity index (χ0v) is 14.5. The second-order valence-electron chi connectivity index (χ2n) is 6.15. The van der Waals surface area contributed by atoms with Gasteiger partial charge in [0.1, 0.15) is 0 Å². The number of benzene rings is 2. The van der Waals surface area contributed by atoms with Gasteiger partial charge in [-0.1, -0.05) is 24.3 Å². The molecule has 0 aliphatic carbocycles. The van der Waals surface area contributed by atoms with Crippen LogP contribution in [0.1, 0.15) is 34.3 Å². The van der Waals surface area contributed by atoms with E-state index < -0.39 is 0 Å². The Balaban J connectivity index is 1.60. The lowest BCUT2D eigenvalue weighted by Crippen LogP contribution is -2.28. The van der Waals surface area contributed by atoms with Crippen LogP contribution < -0.4 is 5.32 Å². The van der Waals surface area contributed by atoms with E-state index in [9.17, 15) is 14.4 Å². The Kier molecular flexibility index (Phi) is 5.43. The molecule has 6 heteroatoms. The van der Waals surface area contributed by atoms with Gasteiger partial charge in [-0.25, -0.2) is 0 Å². The monoisotopic (exact) mass is 352 g/mol. The molecule has 0 unspecified atom stereocenters. The first-order valence-corrected chi connectivity index (χ1v) is 8.38. The summed E-state index contributed by atoms with van der Waals surface area (Å²) in [6.07, 6.45) is 0.576. The number of imide groups is 1. The average molecular weight is 352 g/mol. The first kappa shape index (κ1) is 17.8. The topological polar surface area (TPSA) is 75.7 Å². The van der Waals surface area contributed by atoms with Gasteiger partial charge in [-0.2, -0.15) is 0 Å². The average Bonchev–Trinajstić information content (AvgIpc) is 2.96. The highest BCUT2D eigenvalue weighted by molar-refractivity contribution is 6.04. The van der Waals surface area contributed by atoms with E-state index in [1.165, 1.54) is 4.90 Å². The Morgan fingerprint density at radius 3 is 2.12 bits per heavy atom. The summed E-state index contributed by atoms with van der Waals surface area (Å²) >= 11 is 0. The first-order chi connectivity index (χ1) is 12.6. The molecule has 1 fully saturated rings. The van der Waals surface area contributed by atoms with Crippen molar-refractivity contribution in [2.75, 3.05) is 12.4 Å². The maximum absolute atomic E-state index is 12.3. The molecule has 1 heterocycles. The molecule has 0 atom stereocenters. The SMILES string of the molecule is COCc1ccc(C(=O)Nc2ccc(CN3C(=O)CCC3=O)cc2)cc1. The Morgan fingerprint density at radius 1 is 0.962 bits per heavy atom. The van der Waals surface area contributed by atoms with Crippen molar-refractivity contribution in [1.29, 1.82) is 0 Å². The van der Waals surface area contributed by atoms with Crippen molar-refractivity contribution in [2.24, 2.45) is 0 Å². The number of rotatable bonds is 6. The predicted molar refractivity (Wildman–Crippen MR) is 96.3 cm³/mol. The molecule has 0 radical (unpaired) electrons. The third-order valence-corrected chi connectivity index (χ3v) is 4.23. The zero-order valence-electron chi connectivity index (χ0n) is 14.5. The molecule has 0 spiro atoms. The molecule has 1 N–H and O–H groups in total. The maximum atomic E-state index is 12.3. The van der Waals surface area contributed by atoms with E-state index in [2.05, 4.69) is 5.32 Å². The summed E-state index contributed by atoms with van der Waals surface area (Å²) in [6.45, 7) is 0.776. The minimum Gasteiger partial charge on any atom is -0.380 e. The van der Waals surface area contributed by atoms with Gasteiger partial charge in [-0.3, -0.25) is 19.3 Å². The van der Waals surface area contributed by atoms with Crippen LogP contribution in [0.5, 0.6) is 0 Å². The second-order valence-corrected chi connectivity index (χ2v) is 6.15. The normalized spacial score (nSPS) is 14.0. The van der Waals surface area contributed by atoms with Gasteiger partial charge in [-0.15, -0.1) is 0 Å². The van der Waals surface area contributed by atoms with Crippen LogP contribution in [0.2, 0.25) is 0 Å². The molecule has 1 aliphatic rings. The van der Waals surface area contributed by atoms with Gasteiger partial charge in [0.15, 0.2) is 0 Å². The number of hydrogen-bond acceptors (Lipinski definition) is 4. The molecule has 1 aliphatic heterocycles. The first-order valence-electron chi connectivity index (χ1n) is 8.38. The minimum absolute atomic E-state index is 0.135. The number of methoxy groups -OCH3 is 1. The Morgan fingerprint density at radius 2 is 1.54 bits per heavy atom. The van der Waals surface area contributed by atoms with E-state index >= 15 is 0 Å². The van der Waals surface area contributed by atoms with Crippen molar-refractivity contribution in [3.63, 3.8) is 0 Å². The molecule has 134 valence electrons. The van der Waals surface area contributed by atoms with Crippen molar-refractivity contribution in [3.8, 4) is 0 Å². The number of hydrogen-bond donors (Lipinski definition) is 1. The zero-order chi connectivity index (χ0) is 18.5. The van der Waals surface area contributed by atoms with E-state index in [0.29, 0.717) is 17.9 Å². The fourth-order valence-corrected chi connectivity index (χ4v) is 2.80. The third kappa shape index (κ3) is 4.15. The minimum atomic E-state index is -0.202. The summed E-state index contributed by atoms with van der Waals surface area (Å²) in [5.41, 5.74) is 3.05. The van der Waals surface area contributed by atoms with E-state index in [1.807, 2.05) is 12.1 Å². The molecule has 3 amide bonds. The standard InChI is InChI=1S/C20H20N2O4/c1-26-13-15-2-6-16(7-3-15)20(25)21-17-8-4-14(5-9-17)12-22-18(23)10-11-19(22)24/h2-9H,10-13H2,1H3,(H,21,25). The summed E-state index contributed by atoms with van der Waals surface area (Å²) < 4.78 is 5.05. The molecule has 3 rings (SSSR count). The largest absolute Gasteiger partial charge is 0.380 e. The van der Waals surface area contributed by atoms with Crippen molar-refractivity contribution >= 4 is 23.4 Å². The number of amides is 3. The molecule has 6 nitrogen and oxygen atoms in total. The van der Waals surface area contributed by atoms with Crippen LogP contribution in [0.15, 0.2) is 48.5 Å². The smallest absolute Gasteiger partial charge is 0.255 e. The van der Waals surface area contributed by atoms with E-state index in [4.69, 9.17) is 4.74 Å². The number of ether oxygens (including phenoxy) is 1. The molecule has 26 heavy (non-hydrogen) atoms. The van der Waals surface area contributed by atoms with Crippen molar-refractivity contribution in [2.45, 2.75) is 26.0 Å². The van der Waals surface area contributed by atoms with Crippen molar-refractivity contribution in [3.05, 3.63) is 65.2 Å². The molecule has 0 aromatic heterocycles. The number of carbonyl (C=O) groups is 3. The summed E-state index contributed by atoms with van der Waals surface area (Å²) in [4.78, 5) is 36.9. The van der Waals surface area contributed by atoms with Crippen LogP contribution in [0.3, 0.4) is 0 Å². The number of likely N-dealkylation sites (tertiary alicyclic amines) is 1. The summed E-state index contributed by atoms with van der Waals surface area (Å²) in [7, 11) is 1.62. The molecule has 1 saturated heterocycles. The Bertz CT molecular complexity index is 797. The quantitative estimate of drug-likeness (QED) is 0.811. The van der Waals surface area contributed by atoms with Crippen LogP contribution in [0.25, 0.3) is 0 Å². The van der Waals surface area contributed by atoms with Crippen LogP contribution in [-0.4, -0.2) is 29.7 Å². The molecule has 0 saturated carbocycles.